The molecule has 1 aliphatic heterocycles. The Morgan fingerprint density at radius 3 is 2.32 bits per heavy atom. The average Bonchev–Trinajstić information content (AvgIpc) is 2.49. The van der Waals surface area contributed by atoms with Crippen LogP contribution in [0.4, 0.5) is 0 Å². The molecule has 1 aliphatic rings. The molecule has 1 aromatic carbocycles. The Labute approximate surface area is 145 Å². The van der Waals surface area contributed by atoms with Gasteiger partial charge in [-0.1, -0.05) is 31.2 Å². The highest BCUT2D eigenvalue weighted by atomic mass is 35.5. The fourth-order valence-corrected chi connectivity index (χ4v) is 2.57. The molecule has 22 heavy (non-hydrogen) atoms. The number of hydrogen-bond donors (Lipinski definition) is 1. The third kappa shape index (κ3) is 5.43. The predicted octanol–water partition coefficient (Wildman–Crippen LogP) is 2.08. The van der Waals surface area contributed by atoms with E-state index in [1.165, 1.54) is 11.1 Å². The molecule has 0 aromatic heterocycles. The van der Waals surface area contributed by atoms with Crippen LogP contribution in [0.1, 0.15) is 18.1 Å². The first-order valence-electron chi connectivity index (χ1n) is 7.37. The van der Waals surface area contributed by atoms with Gasteiger partial charge in [-0.05, 0) is 18.1 Å². The van der Waals surface area contributed by atoms with Crippen LogP contribution in [0.25, 0.3) is 0 Å². The van der Waals surface area contributed by atoms with Gasteiger partial charge in [-0.3, -0.25) is 9.69 Å². The zero-order chi connectivity index (χ0) is 14.5. The monoisotopic (exact) mass is 347 g/mol. The summed E-state index contributed by atoms with van der Waals surface area (Å²) in [5.74, 6) is 0.140. The summed E-state index contributed by atoms with van der Waals surface area (Å²) in [4.78, 5) is 16.4. The molecule has 1 heterocycles. The number of nitrogens with two attached hydrogens (primary N) is 1. The van der Waals surface area contributed by atoms with Crippen LogP contribution < -0.4 is 5.73 Å². The summed E-state index contributed by atoms with van der Waals surface area (Å²) in [5, 5.41) is 0. The third-order valence-electron chi connectivity index (χ3n) is 4.11. The lowest BCUT2D eigenvalue weighted by molar-refractivity contribution is -0.136. The van der Waals surface area contributed by atoms with Gasteiger partial charge in [-0.15, -0.1) is 24.8 Å². The highest BCUT2D eigenvalue weighted by Gasteiger charge is 2.24. The number of nitrogens with zero attached hydrogens (tertiary/aromatic N) is 2. The average molecular weight is 348 g/mol. The van der Waals surface area contributed by atoms with E-state index in [1.54, 1.807) is 0 Å². The summed E-state index contributed by atoms with van der Waals surface area (Å²) in [6, 6.07) is 8.50. The van der Waals surface area contributed by atoms with Crippen molar-refractivity contribution >= 4 is 30.7 Å². The Morgan fingerprint density at radius 2 is 1.77 bits per heavy atom. The first-order chi connectivity index (χ1) is 9.61. The first-order valence-corrected chi connectivity index (χ1v) is 7.37. The molecule has 0 spiro atoms. The van der Waals surface area contributed by atoms with Crippen molar-refractivity contribution in [1.82, 2.24) is 9.80 Å². The van der Waals surface area contributed by atoms with Crippen molar-refractivity contribution in [3.63, 3.8) is 0 Å². The van der Waals surface area contributed by atoms with Gasteiger partial charge in [-0.2, -0.15) is 0 Å². The largest absolute Gasteiger partial charge is 0.340 e. The zero-order valence-corrected chi connectivity index (χ0v) is 15.0. The van der Waals surface area contributed by atoms with Crippen LogP contribution in [0.15, 0.2) is 24.3 Å². The van der Waals surface area contributed by atoms with Crippen LogP contribution >= 0.6 is 24.8 Å². The van der Waals surface area contributed by atoms with Crippen LogP contribution in [-0.4, -0.2) is 48.4 Å². The maximum absolute atomic E-state index is 12.1. The molecule has 1 saturated heterocycles. The van der Waals surface area contributed by atoms with Crippen LogP contribution in [0.2, 0.25) is 0 Å². The lowest BCUT2D eigenvalue weighted by Crippen LogP contribution is -2.50. The lowest BCUT2D eigenvalue weighted by atomic mass is 10.1. The van der Waals surface area contributed by atoms with Gasteiger partial charge < -0.3 is 10.6 Å². The Bertz CT molecular complexity index is 462. The van der Waals surface area contributed by atoms with Gasteiger partial charge in [0.1, 0.15) is 0 Å². The van der Waals surface area contributed by atoms with E-state index in [9.17, 15) is 4.79 Å². The van der Waals surface area contributed by atoms with Crippen molar-refractivity contribution in [2.24, 2.45) is 11.7 Å². The normalized spacial score (nSPS) is 16.4. The van der Waals surface area contributed by atoms with Crippen molar-refractivity contribution in [2.75, 3.05) is 32.7 Å². The molecule has 126 valence electrons. The van der Waals surface area contributed by atoms with E-state index in [-0.39, 0.29) is 36.6 Å². The second-order valence-corrected chi connectivity index (χ2v) is 5.66. The summed E-state index contributed by atoms with van der Waals surface area (Å²) in [5.41, 5.74) is 8.28. The smallest absolute Gasteiger partial charge is 0.226 e. The molecule has 2 rings (SSSR count). The number of piperazine rings is 1. The minimum absolute atomic E-state index is 0. The molecule has 6 heteroatoms. The van der Waals surface area contributed by atoms with Crippen molar-refractivity contribution in [3.05, 3.63) is 35.4 Å². The standard InChI is InChI=1S/C16H25N3O.2ClH/c1-13-5-3-4-6-15(13)12-18-7-9-19(10-8-18)16(20)14(2)11-17;;/h3-6,14H,7-12,17H2,1-2H3;2*1H. The molecule has 0 aliphatic carbocycles. The highest BCUT2D eigenvalue weighted by molar-refractivity contribution is 5.85. The second-order valence-electron chi connectivity index (χ2n) is 5.66. The van der Waals surface area contributed by atoms with Crippen LogP contribution in [0.5, 0.6) is 0 Å². The maximum Gasteiger partial charge on any atom is 0.226 e. The number of aryl methyl sites for hydroxylation is 1. The summed E-state index contributed by atoms with van der Waals surface area (Å²) < 4.78 is 0. The minimum atomic E-state index is -0.0575. The number of halogens is 2. The third-order valence-corrected chi connectivity index (χ3v) is 4.11. The number of benzene rings is 1. The molecule has 4 nitrogen and oxygen atoms in total. The first kappa shape index (κ1) is 21.2. The Balaban J connectivity index is 0.00000220. The molecule has 1 atom stereocenters. The molecular weight excluding hydrogens is 321 g/mol. The molecule has 0 bridgehead atoms. The lowest BCUT2D eigenvalue weighted by Gasteiger charge is -2.36. The molecule has 0 radical (unpaired) electrons. The van der Waals surface area contributed by atoms with Gasteiger partial charge in [0.15, 0.2) is 0 Å². The molecule has 1 unspecified atom stereocenters. The Morgan fingerprint density at radius 1 is 1.18 bits per heavy atom. The van der Waals surface area contributed by atoms with E-state index in [1.807, 2.05) is 11.8 Å². The molecule has 1 fully saturated rings. The van der Waals surface area contributed by atoms with Crippen molar-refractivity contribution in [1.29, 1.82) is 0 Å². The zero-order valence-electron chi connectivity index (χ0n) is 13.3. The quantitative estimate of drug-likeness (QED) is 0.906. The van der Waals surface area contributed by atoms with Crippen LogP contribution in [0, 0.1) is 12.8 Å². The summed E-state index contributed by atoms with van der Waals surface area (Å²) in [6.45, 7) is 8.97. The Kier molecular flexibility index (Phi) is 9.69. The van der Waals surface area contributed by atoms with Crippen molar-refractivity contribution in [2.45, 2.75) is 20.4 Å². The van der Waals surface area contributed by atoms with Gasteiger partial charge in [0.25, 0.3) is 0 Å². The van der Waals surface area contributed by atoms with Crippen LogP contribution in [0.3, 0.4) is 0 Å². The van der Waals surface area contributed by atoms with Gasteiger partial charge in [0.05, 0.1) is 0 Å². The number of rotatable bonds is 4. The fourth-order valence-electron chi connectivity index (χ4n) is 2.57. The Hall–Kier alpha value is -0.810. The summed E-state index contributed by atoms with van der Waals surface area (Å²) in [6.07, 6.45) is 0. The predicted molar refractivity (Wildman–Crippen MR) is 95.8 cm³/mol. The number of amides is 1. The van der Waals surface area contributed by atoms with E-state index in [2.05, 4.69) is 36.1 Å². The van der Waals surface area contributed by atoms with Gasteiger partial charge in [0.2, 0.25) is 5.91 Å². The number of carbonyl (C=O) groups excluding carboxylic acids is 1. The topological polar surface area (TPSA) is 49.6 Å². The van der Waals surface area contributed by atoms with Gasteiger partial charge in [0, 0.05) is 45.2 Å². The van der Waals surface area contributed by atoms with Crippen LogP contribution in [-0.2, 0) is 11.3 Å². The summed E-state index contributed by atoms with van der Waals surface area (Å²) >= 11 is 0. The van der Waals surface area contributed by atoms with E-state index in [0.29, 0.717) is 6.54 Å². The number of carbonyl (C=O) groups is 1. The van der Waals surface area contributed by atoms with Gasteiger partial charge >= 0.3 is 0 Å². The second kappa shape index (κ2) is 10.1. The molecule has 2 N–H and O–H groups in total. The minimum Gasteiger partial charge on any atom is -0.340 e. The van der Waals surface area contributed by atoms with Crippen molar-refractivity contribution < 1.29 is 4.79 Å². The van der Waals surface area contributed by atoms with E-state index in [4.69, 9.17) is 5.73 Å². The molecular formula is C16H27Cl2N3O. The van der Waals surface area contributed by atoms with E-state index in [0.717, 1.165) is 32.7 Å². The van der Waals surface area contributed by atoms with E-state index < -0.39 is 0 Å². The molecule has 0 saturated carbocycles. The fraction of sp³-hybridized carbons (Fsp3) is 0.562. The SMILES string of the molecule is Cc1ccccc1CN1CCN(C(=O)C(C)CN)CC1.Cl.Cl. The van der Waals surface area contributed by atoms with E-state index >= 15 is 0 Å². The maximum atomic E-state index is 12.1. The van der Waals surface area contributed by atoms with Gasteiger partial charge in [-0.25, -0.2) is 0 Å². The summed E-state index contributed by atoms with van der Waals surface area (Å²) in [7, 11) is 0. The molecule has 1 aromatic rings. The van der Waals surface area contributed by atoms with Crippen molar-refractivity contribution in [3.8, 4) is 0 Å². The highest BCUT2D eigenvalue weighted by Crippen LogP contribution is 2.13. The molecule has 1 amide bonds. The number of hydrogen-bond acceptors (Lipinski definition) is 3.